The van der Waals surface area contributed by atoms with Gasteiger partial charge in [-0.15, -0.1) is 0 Å². The minimum atomic E-state index is 0.839. The highest BCUT2D eigenvalue weighted by atomic mass is 14.7. The standard InChI is InChI=1S/C29H50/c1-6-8-9-10-11-23-19(5)12-25-27-22(7-2)24(13-26(27)28(23)25)21-16-29(17-21)14-20(15-29)18(3)4/h18-28H,6-17H2,1-5H3. The number of hydrogen-bond acceptors (Lipinski definition) is 0. The van der Waals surface area contributed by atoms with E-state index in [0.29, 0.717) is 0 Å². The summed E-state index contributed by atoms with van der Waals surface area (Å²) >= 11 is 0. The van der Waals surface area contributed by atoms with Crippen LogP contribution in [0.15, 0.2) is 0 Å². The van der Waals surface area contributed by atoms with Gasteiger partial charge in [-0.3, -0.25) is 0 Å². The molecule has 8 unspecified atom stereocenters. The smallest absolute Gasteiger partial charge is 0.0287 e. The molecule has 5 rings (SSSR count). The Morgan fingerprint density at radius 3 is 2.14 bits per heavy atom. The third-order valence-corrected chi connectivity index (χ3v) is 11.6. The quantitative estimate of drug-likeness (QED) is 0.359. The van der Waals surface area contributed by atoms with E-state index in [-0.39, 0.29) is 0 Å². The van der Waals surface area contributed by atoms with Crippen molar-refractivity contribution in [2.24, 2.45) is 70.5 Å². The van der Waals surface area contributed by atoms with Crippen LogP contribution in [0.2, 0.25) is 0 Å². The second-order valence-electron chi connectivity index (χ2n) is 13.3. The second kappa shape index (κ2) is 7.85. The van der Waals surface area contributed by atoms with Crippen molar-refractivity contribution in [1.29, 1.82) is 0 Å². The monoisotopic (exact) mass is 398 g/mol. The summed E-state index contributed by atoms with van der Waals surface area (Å²) < 4.78 is 0. The molecule has 5 saturated carbocycles. The fourth-order valence-corrected chi connectivity index (χ4v) is 10.3. The highest BCUT2D eigenvalue weighted by molar-refractivity contribution is 5.15. The molecule has 8 atom stereocenters. The lowest BCUT2D eigenvalue weighted by atomic mass is 9.44. The molecular formula is C29H50. The predicted octanol–water partition coefficient (Wildman–Crippen LogP) is 8.60. The molecule has 0 nitrogen and oxygen atoms in total. The van der Waals surface area contributed by atoms with Crippen molar-refractivity contribution in [2.75, 3.05) is 0 Å². The Labute approximate surface area is 182 Å². The molecule has 0 heteroatoms. The van der Waals surface area contributed by atoms with E-state index in [9.17, 15) is 0 Å². The summed E-state index contributed by atoms with van der Waals surface area (Å²) in [7, 11) is 0. The summed E-state index contributed by atoms with van der Waals surface area (Å²) in [5.41, 5.74) is 0.839. The summed E-state index contributed by atoms with van der Waals surface area (Å²) in [6.07, 6.45) is 18.6. The molecule has 0 bridgehead atoms. The third-order valence-electron chi connectivity index (χ3n) is 11.6. The molecule has 5 fully saturated rings. The van der Waals surface area contributed by atoms with Crippen LogP contribution in [-0.4, -0.2) is 0 Å². The second-order valence-corrected chi connectivity index (χ2v) is 13.3. The fourth-order valence-electron chi connectivity index (χ4n) is 10.3. The van der Waals surface area contributed by atoms with Crippen LogP contribution in [0.4, 0.5) is 0 Å². The van der Waals surface area contributed by atoms with Crippen LogP contribution < -0.4 is 0 Å². The minimum Gasteiger partial charge on any atom is -0.0654 e. The maximum atomic E-state index is 2.62. The Hall–Kier alpha value is 0. The summed E-state index contributed by atoms with van der Waals surface area (Å²) in [5, 5.41) is 0. The summed E-state index contributed by atoms with van der Waals surface area (Å²) in [6, 6.07) is 0. The zero-order valence-corrected chi connectivity index (χ0v) is 20.3. The van der Waals surface area contributed by atoms with Gasteiger partial charge in [0, 0.05) is 0 Å². The van der Waals surface area contributed by atoms with E-state index in [0.717, 1.165) is 70.5 Å². The van der Waals surface area contributed by atoms with E-state index in [1.165, 1.54) is 32.1 Å². The van der Waals surface area contributed by atoms with E-state index < -0.39 is 0 Å². The molecule has 1 spiro atoms. The van der Waals surface area contributed by atoms with E-state index >= 15 is 0 Å². The van der Waals surface area contributed by atoms with Gasteiger partial charge >= 0.3 is 0 Å². The van der Waals surface area contributed by atoms with Gasteiger partial charge in [-0.25, -0.2) is 0 Å². The lowest BCUT2D eigenvalue weighted by Gasteiger charge is -2.61. The molecule has 5 aliphatic rings. The normalized spacial score (nSPS) is 52.8. The molecule has 0 N–H and O–H groups in total. The largest absolute Gasteiger partial charge is 0.0654 e. The van der Waals surface area contributed by atoms with Crippen molar-refractivity contribution in [3.63, 3.8) is 0 Å². The first-order chi connectivity index (χ1) is 14.0. The fraction of sp³-hybridized carbons (Fsp3) is 1.00. The molecule has 166 valence electrons. The number of hydrogen-bond donors (Lipinski definition) is 0. The number of unbranched alkanes of at least 4 members (excludes halogenated alkanes) is 3. The van der Waals surface area contributed by atoms with Crippen molar-refractivity contribution in [3.8, 4) is 0 Å². The van der Waals surface area contributed by atoms with Crippen LogP contribution >= 0.6 is 0 Å². The maximum Gasteiger partial charge on any atom is -0.0287 e. The van der Waals surface area contributed by atoms with Crippen LogP contribution in [0.3, 0.4) is 0 Å². The third kappa shape index (κ3) is 3.28. The van der Waals surface area contributed by atoms with Gasteiger partial charge in [-0.2, -0.15) is 0 Å². The minimum absolute atomic E-state index is 0.839. The van der Waals surface area contributed by atoms with E-state index in [1.54, 1.807) is 44.9 Å². The zero-order valence-electron chi connectivity index (χ0n) is 20.3. The molecule has 0 aromatic rings. The topological polar surface area (TPSA) is 0 Å². The Bertz CT molecular complexity index is 561. The highest BCUT2D eigenvalue weighted by Crippen LogP contribution is 2.73. The van der Waals surface area contributed by atoms with Gasteiger partial charge in [0.1, 0.15) is 0 Å². The molecule has 0 amide bonds. The van der Waals surface area contributed by atoms with Gasteiger partial charge in [0.2, 0.25) is 0 Å². The van der Waals surface area contributed by atoms with E-state index in [1.807, 2.05) is 0 Å². The van der Waals surface area contributed by atoms with Crippen LogP contribution in [-0.2, 0) is 0 Å². The molecular weight excluding hydrogens is 348 g/mol. The van der Waals surface area contributed by atoms with Crippen LogP contribution in [0.1, 0.15) is 112 Å². The van der Waals surface area contributed by atoms with E-state index in [2.05, 4.69) is 34.6 Å². The zero-order chi connectivity index (χ0) is 20.3. The lowest BCUT2D eigenvalue weighted by Crippen LogP contribution is -2.51. The molecule has 0 aromatic heterocycles. The van der Waals surface area contributed by atoms with Crippen molar-refractivity contribution in [1.82, 2.24) is 0 Å². The highest BCUT2D eigenvalue weighted by Gasteiger charge is 2.66. The Kier molecular flexibility index (Phi) is 5.65. The molecule has 0 heterocycles. The predicted molar refractivity (Wildman–Crippen MR) is 125 cm³/mol. The maximum absolute atomic E-state index is 2.62. The molecule has 0 aromatic carbocycles. The first-order valence-electron chi connectivity index (χ1n) is 14.0. The molecule has 0 aliphatic heterocycles. The average molecular weight is 399 g/mol. The van der Waals surface area contributed by atoms with Gasteiger partial charge < -0.3 is 0 Å². The van der Waals surface area contributed by atoms with Gasteiger partial charge in [-0.05, 0) is 115 Å². The van der Waals surface area contributed by atoms with Crippen LogP contribution in [0.5, 0.6) is 0 Å². The van der Waals surface area contributed by atoms with Gasteiger partial charge in [-0.1, -0.05) is 66.7 Å². The van der Waals surface area contributed by atoms with Crippen LogP contribution in [0.25, 0.3) is 0 Å². The molecule has 5 aliphatic carbocycles. The molecule has 29 heavy (non-hydrogen) atoms. The molecule has 0 saturated heterocycles. The lowest BCUT2D eigenvalue weighted by molar-refractivity contribution is -0.106. The summed E-state index contributed by atoms with van der Waals surface area (Å²) in [5.74, 6) is 12.1. The summed E-state index contributed by atoms with van der Waals surface area (Å²) in [6.45, 7) is 12.4. The van der Waals surface area contributed by atoms with E-state index in [4.69, 9.17) is 0 Å². The first-order valence-corrected chi connectivity index (χ1v) is 14.0. The van der Waals surface area contributed by atoms with Crippen molar-refractivity contribution < 1.29 is 0 Å². The number of rotatable bonds is 8. The van der Waals surface area contributed by atoms with Crippen LogP contribution in [0, 0.1) is 70.5 Å². The van der Waals surface area contributed by atoms with Crippen molar-refractivity contribution in [3.05, 3.63) is 0 Å². The Balaban J connectivity index is 1.18. The van der Waals surface area contributed by atoms with Gasteiger partial charge in [0.25, 0.3) is 0 Å². The van der Waals surface area contributed by atoms with Gasteiger partial charge in [0.05, 0.1) is 0 Å². The molecule has 0 radical (unpaired) electrons. The average Bonchev–Trinajstić information content (AvgIpc) is 3.07. The number of fused-ring (bicyclic) bond motifs is 4. The first kappa shape index (κ1) is 20.9. The Morgan fingerprint density at radius 2 is 1.48 bits per heavy atom. The van der Waals surface area contributed by atoms with Gasteiger partial charge in [0.15, 0.2) is 0 Å². The Morgan fingerprint density at radius 1 is 0.793 bits per heavy atom. The SMILES string of the molecule is CCCCCCC1C(C)CC2C1C1CC(C3CC4(CC(C(C)C)C4)C3)C(CC)C21. The summed E-state index contributed by atoms with van der Waals surface area (Å²) in [4.78, 5) is 0. The van der Waals surface area contributed by atoms with Crippen molar-refractivity contribution in [2.45, 2.75) is 112 Å². The van der Waals surface area contributed by atoms with Crippen molar-refractivity contribution >= 4 is 0 Å².